The van der Waals surface area contributed by atoms with E-state index < -0.39 is 0 Å². The summed E-state index contributed by atoms with van der Waals surface area (Å²) in [4.78, 5) is 4.06. The van der Waals surface area contributed by atoms with E-state index in [9.17, 15) is 0 Å². The zero-order chi connectivity index (χ0) is 7.84. The van der Waals surface area contributed by atoms with Crippen molar-refractivity contribution in [1.82, 2.24) is 14.0 Å². The topological polar surface area (TPSA) is 48.2 Å². The van der Waals surface area contributed by atoms with Crippen molar-refractivity contribution in [3.05, 3.63) is 23.7 Å². The molecule has 0 saturated heterocycles. The number of nitrogens with two attached hydrogens (primary N) is 1. The summed E-state index contributed by atoms with van der Waals surface area (Å²) in [6, 6.07) is 0. The lowest BCUT2D eigenvalue weighted by Gasteiger charge is -1.93. The van der Waals surface area contributed by atoms with Crippen LogP contribution in [0.25, 0.3) is 5.78 Å². The van der Waals surface area contributed by atoms with Gasteiger partial charge in [0.1, 0.15) is 5.15 Å². The zero-order valence-electron chi connectivity index (χ0n) is 5.74. The van der Waals surface area contributed by atoms with Crippen LogP contribution in [0.1, 0.15) is 0 Å². The van der Waals surface area contributed by atoms with Crippen LogP contribution in [0.5, 0.6) is 0 Å². The Morgan fingerprint density at radius 2 is 2.36 bits per heavy atom. The lowest BCUT2D eigenvalue weighted by molar-refractivity contribution is 0.751. The molecule has 0 unspecified atom stereocenters. The molecule has 2 rings (SSSR count). The van der Waals surface area contributed by atoms with E-state index in [1.165, 1.54) is 0 Å². The van der Waals surface area contributed by atoms with E-state index >= 15 is 0 Å². The summed E-state index contributed by atoms with van der Waals surface area (Å²) in [6.07, 6.45) is 5.27. The summed E-state index contributed by atoms with van der Waals surface area (Å²) >= 11 is 5.79. The fourth-order valence-electron chi connectivity index (χ4n) is 1.04. The maximum absolute atomic E-state index is 5.79. The van der Waals surface area contributed by atoms with Gasteiger partial charge in [-0.15, -0.1) is 0 Å². The predicted octanol–water partition coefficient (Wildman–Crippen LogP) is 0.705. The molecular weight excluding hydrogens is 164 g/mol. The number of hydrogen-bond acceptors (Lipinski definition) is 2. The van der Waals surface area contributed by atoms with Gasteiger partial charge in [-0.1, -0.05) is 11.6 Å². The second-order valence-corrected chi connectivity index (χ2v) is 2.59. The molecule has 2 N–H and O–H groups in total. The molecule has 0 aromatic carbocycles. The highest BCUT2D eigenvalue weighted by molar-refractivity contribution is 6.29. The Morgan fingerprint density at radius 3 is 3.09 bits per heavy atom. The van der Waals surface area contributed by atoms with Gasteiger partial charge in [-0.05, 0) is 0 Å². The molecule has 0 aliphatic rings. The first kappa shape index (κ1) is 6.69. The van der Waals surface area contributed by atoms with Gasteiger partial charge in [0.25, 0.3) is 0 Å². The molecule has 0 atom stereocenters. The first-order valence-electron chi connectivity index (χ1n) is 3.20. The Bertz CT molecular complexity index is 375. The lowest BCUT2D eigenvalue weighted by Crippen LogP contribution is -2.05. The summed E-state index contributed by atoms with van der Waals surface area (Å²) in [5, 5.41) is 0.604. The predicted molar refractivity (Wildman–Crippen MR) is 42.4 cm³/mol. The molecule has 4 nitrogen and oxygen atoms in total. The highest BCUT2D eigenvalue weighted by atomic mass is 35.5. The molecule has 0 bridgehead atoms. The van der Waals surface area contributed by atoms with Crippen LogP contribution in [-0.2, 0) is 6.67 Å². The summed E-state index contributed by atoms with van der Waals surface area (Å²) in [5.74, 6) is 0.775. The largest absolute Gasteiger partial charge is 0.313 e. The summed E-state index contributed by atoms with van der Waals surface area (Å²) in [5.41, 5.74) is 5.44. The van der Waals surface area contributed by atoms with Crippen LogP contribution >= 0.6 is 11.6 Å². The quantitative estimate of drug-likeness (QED) is 0.685. The zero-order valence-corrected chi connectivity index (χ0v) is 6.49. The van der Waals surface area contributed by atoms with Gasteiger partial charge in [-0.25, -0.2) is 4.98 Å². The molecule has 2 aromatic heterocycles. The van der Waals surface area contributed by atoms with Crippen LogP contribution in [0.2, 0.25) is 5.15 Å². The minimum atomic E-state index is 0.420. The van der Waals surface area contributed by atoms with E-state index in [1.54, 1.807) is 10.6 Å². The Labute approximate surface area is 68.2 Å². The third-order valence-electron chi connectivity index (χ3n) is 1.58. The smallest absolute Gasteiger partial charge is 0.216 e. The standard InChI is InChI=1S/C6H7ClN4/c7-5-3-9-6-10(4-8)1-2-11(5)6/h1-3H,4,8H2. The van der Waals surface area contributed by atoms with E-state index in [1.807, 2.05) is 17.0 Å². The maximum Gasteiger partial charge on any atom is 0.216 e. The molecule has 0 aliphatic carbocycles. The number of aromatic nitrogens is 3. The maximum atomic E-state index is 5.79. The van der Waals surface area contributed by atoms with E-state index in [2.05, 4.69) is 4.98 Å². The summed E-state index contributed by atoms with van der Waals surface area (Å²) in [7, 11) is 0. The van der Waals surface area contributed by atoms with Crippen molar-refractivity contribution in [3.63, 3.8) is 0 Å². The lowest BCUT2D eigenvalue weighted by atomic mass is 10.8. The molecule has 5 heteroatoms. The number of imidazole rings is 2. The molecule has 0 amide bonds. The molecule has 0 radical (unpaired) electrons. The summed E-state index contributed by atoms with van der Waals surface area (Å²) in [6.45, 7) is 0.420. The molecule has 58 valence electrons. The highest BCUT2D eigenvalue weighted by Crippen LogP contribution is 2.11. The van der Waals surface area contributed by atoms with Gasteiger partial charge in [0.05, 0.1) is 12.9 Å². The number of rotatable bonds is 1. The van der Waals surface area contributed by atoms with E-state index in [0.717, 1.165) is 5.78 Å². The van der Waals surface area contributed by atoms with Gasteiger partial charge in [0, 0.05) is 12.4 Å². The van der Waals surface area contributed by atoms with Crippen LogP contribution in [0, 0.1) is 0 Å². The molecule has 2 aromatic rings. The van der Waals surface area contributed by atoms with Gasteiger partial charge in [0.15, 0.2) is 0 Å². The van der Waals surface area contributed by atoms with E-state index in [4.69, 9.17) is 17.3 Å². The fraction of sp³-hybridized carbons (Fsp3) is 0.167. The van der Waals surface area contributed by atoms with Gasteiger partial charge in [0.2, 0.25) is 5.78 Å². The van der Waals surface area contributed by atoms with Crippen molar-refractivity contribution < 1.29 is 0 Å². The van der Waals surface area contributed by atoms with E-state index in [-0.39, 0.29) is 0 Å². The number of halogens is 1. The van der Waals surface area contributed by atoms with Crippen LogP contribution in [-0.4, -0.2) is 14.0 Å². The number of fused-ring (bicyclic) bond motifs is 1. The van der Waals surface area contributed by atoms with Crippen LogP contribution in [0.3, 0.4) is 0 Å². The van der Waals surface area contributed by atoms with Crippen molar-refractivity contribution in [3.8, 4) is 0 Å². The van der Waals surface area contributed by atoms with Crippen molar-refractivity contribution in [2.75, 3.05) is 0 Å². The molecule has 0 aliphatic heterocycles. The van der Waals surface area contributed by atoms with Crippen LogP contribution < -0.4 is 5.73 Å². The third-order valence-corrected chi connectivity index (χ3v) is 1.86. The highest BCUT2D eigenvalue weighted by Gasteiger charge is 2.03. The van der Waals surface area contributed by atoms with Gasteiger partial charge in [-0.3, -0.25) is 4.40 Å². The van der Waals surface area contributed by atoms with E-state index in [0.29, 0.717) is 11.8 Å². The average Bonchev–Trinajstić information content (AvgIpc) is 2.53. The second-order valence-electron chi connectivity index (χ2n) is 2.20. The third kappa shape index (κ3) is 0.834. The van der Waals surface area contributed by atoms with Crippen molar-refractivity contribution >= 4 is 17.4 Å². The minimum absolute atomic E-state index is 0.420. The minimum Gasteiger partial charge on any atom is -0.313 e. The van der Waals surface area contributed by atoms with Crippen LogP contribution in [0.4, 0.5) is 0 Å². The number of hydrogen-bond donors (Lipinski definition) is 1. The van der Waals surface area contributed by atoms with Gasteiger partial charge in [-0.2, -0.15) is 0 Å². The first-order chi connectivity index (χ1) is 5.33. The molecule has 0 fully saturated rings. The van der Waals surface area contributed by atoms with Gasteiger partial charge < -0.3 is 10.3 Å². The molecule has 2 heterocycles. The Kier molecular flexibility index (Phi) is 1.37. The Balaban J connectivity index is 2.77. The monoisotopic (exact) mass is 170 g/mol. The first-order valence-corrected chi connectivity index (χ1v) is 3.58. The summed E-state index contributed by atoms with van der Waals surface area (Å²) < 4.78 is 3.58. The SMILES string of the molecule is NCn1ccn2c(Cl)cnc12. The fourth-order valence-corrected chi connectivity index (χ4v) is 1.22. The molecular formula is C6H7ClN4. The molecule has 0 saturated carbocycles. The van der Waals surface area contributed by atoms with Crippen LogP contribution in [0.15, 0.2) is 18.6 Å². The van der Waals surface area contributed by atoms with Crippen molar-refractivity contribution in [2.45, 2.75) is 6.67 Å². The van der Waals surface area contributed by atoms with Crippen molar-refractivity contribution in [1.29, 1.82) is 0 Å². The Hall–Kier alpha value is -1.00. The average molecular weight is 171 g/mol. The Morgan fingerprint density at radius 1 is 1.55 bits per heavy atom. The molecule has 11 heavy (non-hydrogen) atoms. The second kappa shape index (κ2) is 2.25. The molecule has 0 spiro atoms. The van der Waals surface area contributed by atoms with Gasteiger partial charge >= 0.3 is 0 Å². The van der Waals surface area contributed by atoms with Crippen molar-refractivity contribution in [2.24, 2.45) is 5.73 Å². The normalized spacial score (nSPS) is 11.1. The number of nitrogens with zero attached hydrogens (tertiary/aromatic N) is 3.